The summed E-state index contributed by atoms with van der Waals surface area (Å²) in [6, 6.07) is 2.75. The second-order valence-electron chi connectivity index (χ2n) is 4.24. The van der Waals surface area contributed by atoms with Gasteiger partial charge in [-0.1, -0.05) is 17.7 Å². The molecule has 0 aromatic heterocycles. The van der Waals surface area contributed by atoms with E-state index < -0.39 is 18.6 Å². The molecule has 0 aliphatic rings. The van der Waals surface area contributed by atoms with Crippen LogP contribution in [0.1, 0.15) is 34.7 Å². The van der Waals surface area contributed by atoms with E-state index in [2.05, 4.69) is 0 Å². The number of rotatable bonds is 2. The Labute approximate surface area is 93.5 Å². The van der Waals surface area contributed by atoms with E-state index in [-0.39, 0.29) is 0 Å². The number of halogens is 3. The Hall–Kier alpha value is -1.03. The fourth-order valence-electron chi connectivity index (χ4n) is 2.13. The van der Waals surface area contributed by atoms with Crippen molar-refractivity contribution in [2.45, 2.75) is 39.4 Å². The van der Waals surface area contributed by atoms with Crippen molar-refractivity contribution in [1.82, 2.24) is 0 Å². The zero-order valence-electron chi connectivity index (χ0n) is 9.65. The van der Waals surface area contributed by atoms with Crippen molar-refractivity contribution in [2.75, 3.05) is 0 Å². The summed E-state index contributed by atoms with van der Waals surface area (Å²) in [5, 5.41) is 0. The minimum Gasteiger partial charge on any atom is -0.324 e. The van der Waals surface area contributed by atoms with Gasteiger partial charge in [-0.15, -0.1) is 0 Å². The first-order chi connectivity index (χ1) is 7.20. The number of nitrogens with two attached hydrogens (primary N) is 1. The Bertz CT molecular complexity index is 359. The lowest BCUT2D eigenvalue weighted by Crippen LogP contribution is -2.21. The third kappa shape index (κ3) is 3.23. The molecule has 0 aliphatic heterocycles. The normalized spacial score (nSPS) is 13.9. The summed E-state index contributed by atoms with van der Waals surface area (Å²) >= 11 is 0. The monoisotopic (exact) mass is 231 g/mol. The predicted molar refractivity (Wildman–Crippen MR) is 58.3 cm³/mol. The van der Waals surface area contributed by atoms with Gasteiger partial charge in [0.05, 0.1) is 6.42 Å². The van der Waals surface area contributed by atoms with Crippen molar-refractivity contribution < 1.29 is 13.2 Å². The summed E-state index contributed by atoms with van der Waals surface area (Å²) in [6.45, 7) is 5.51. The highest BCUT2D eigenvalue weighted by molar-refractivity contribution is 5.39. The van der Waals surface area contributed by atoms with E-state index in [9.17, 15) is 13.2 Å². The highest BCUT2D eigenvalue weighted by Gasteiger charge is 2.31. The quantitative estimate of drug-likeness (QED) is 0.827. The van der Waals surface area contributed by atoms with Gasteiger partial charge in [0.15, 0.2) is 0 Å². The van der Waals surface area contributed by atoms with E-state index in [4.69, 9.17) is 5.73 Å². The number of hydrogen-bond acceptors (Lipinski definition) is 1. The first-order valence-electron chi connectivity index (χ1n) is 5.11. The van der Waals surface area contributed by atoms with Gasteiger partial charge >= 0.3 is 6.18 Å². The molecule has 0 spiro atoms. The minimum absolute atomic E-state index is 0.614. The second kappa shape index (κ2) is 4.45. The fraction of sp³-hybridized carbons (Fsp3) is 0.500. The van der Waals surface area contributed by atoms with E-state index in [1.54, 1.807) is 13.8 Å². The van der Waals surface area contributed by atoms with Gasteiger partial charge in [-0.2, -0.15) is 13.2 Å². The molecule has 0 saturated heterocycles. The zero-order valence-corrected chi connectivity index (χ0v) is 9.65. The maximum Gasteiger partial charge on any atom is 0.390 e. The van der Waals surface area contributed by atoms with Crippen LogP contribution in [0.25, 0.3) is 0 Å². The SMILES string of the molecule is Cc1cc(C)c(C(N)CC(F)(F)F)c(C)c1. The topological polar surface area (TPSA) is 26.0 Å². The van der Waals surface area contributed by atoms with Gasteiger partial charge in [0.1, 0.15) is 0 Å². The van der Waals surface area contributed by atoms with Crippen LogP contribution in [0.5, 0.6) is 0 Å². The summed E-state index contributed by atoms with van der Waals surface area (Å²) in [7, 11) is 0. The highest BCUT2D eigenvalue weighted by atomic mass is 19.4. The van der Waals surface area contributed by atoms with Crippen molar-refractivity contribution in [3.05, 3.63) is 34.4 Å². The summed E-state index contributed by atoms with van der Waals surface area (Å²) in [5.74, 6) is 0. The van der Waals surface area contributed by atoms with Gasteiger partial charge in [0.25, 0.3) is 0 Å². The maximum absolute atomic E-state index is 12.3. The van der Waals surface area contributed by atoms with Gasteiger partial charge < -0.3 is 5.73 Å². The van der Waals surface area contributed by atoms with E-state index in [1.165, 1.54) is 0 Å². The standard InChI is InChI=1S/C12H16F3N/c1-7-4-8(2)11(9(3)5-7)10(16)6-12(13,14)15/h4-5,10H,6,16H2,1-3H3. The van der Waals surface area contributed by atoms with E-state index in [0.717, 1.165) is 16.7 Å². The molecule has 16 heavy (non-hydrogen) atoms. The average molecular weight is 231 g/mol. The molecule has 0 saturated carbocycles. The van der Waals surface area contributed by atoms with E-state index in [0.29, 0.717) is 5.56 Å². The molecule has 1 unspecified atom stereocenters. The molecule has 1 rings (SSSR count). The largest absolute Gasteiger partial charge is 0.390 e. The van der Waals surface area contributed by atoms with Crippen molar-refractivity contribution in [2.24, 2.45) is 5.73 Å². The molecule has 1 nitrogen and oxygen atoms in total. The molecule has 0 fully saturated rings. The van der Waals surface area contributed by atoms with Gasteiger partial charge in [-0.25, -0.2) is 0 Å². The van der Waals surface area contributed by atoms with E-state index >= 15 is 0 Å². The van der Waals surface area contributed by atoms with Gasteiger partial charge in [-0.3, -0.25) is 0 Å². The number of benzene rings is 1. The van der Waals surface area contributed by atoms with Crippen molar-refractivity contribution in [3.63, 3.8) is 0 Å². The molecule has 4 heteroatoms. The van der Waals surface area contributed by atoms with Crippen molar-refractivity contribution in [1.29, 1.82) is 0 Å². The van der Waals surface area contributed by atoms with Crippen LogP contribution in [0.2, 0.25) is 0 Å². The number of hydrogen-bond donors (Lipinski definition) is 1. The Balaban J connectivity index is 3.04. The second-order valence-corrected chi connectivity index (χ2v) is 4.24. The van der Waals surface area contributed by atoms with Crippen LogP contribution in [-0.2, 0) is 0 Å². The fourth-order valence-corrected chi connectivity index (χ4v) is 2.13. The molecule has 0 heterocycles. The molecule has 1 atom stereocenters. The Morgan fingerprint density at radius 2 is 1.56 bits per heavy atom. The van der Waals surface area contributed by atoms with Crippen LogP contribution >= 0.6 is 0 Å². The number of alkyl halides is 3. The Kier molecular flexibility index (Phi) is 3.63. The van der Waals surface area contributed by atoms with Gasteiger partial charge in [0.2, 0.25) is 0 Å². The molecule has 0 amide bonds. The lowest BCUT2D eigenvalue weighted by Gasteiger charge is -2.19. The van der Waals surface area contributed by atoms with Crippen LogP contribution in [0.4, 0.5) is 13.2 Å². The molecular weight excluding hydrogens is 215 g/mol. The molecule has 1 aromatic carbocycles. The van der Waals surface area contributed by atoms with Gasteiger partial charge in [-0.05, 0) is 37.5 Å². The van der Waals surface area contributed by atoms with Crippen LogP contribution < -0.4 is 5.73 Å². The van der Waals surface area contributed by atoms with Crippen LogP contribution in [-0.4, -0.2) is 6.18 Å². The van der Waals surface area contributed by atoms with Crippen molar-refractivity contribution in [3.8, 4) is 0 Å². The smallest absolute Gasteiger partial charge is 0.324 e. The molecule has 1 aromatic rings. The lowest BCUT2D eigenvalue weighted by atomic mass is 9.93. The minimum atomic E-state index is -4.22. The maximum atomic E-state index is 12.3. The van der Waals surface area contributed by atoms with Crippen LogP contribution in [0.3, 0.4) is 0 Å². The zero-order chi connectivity index (χ0) is 12.5. The Morgan fingerprint density at radius 1 is 1.12 bits per heavy atom. The summed E-state index contributed by atoms with van der Waals surface area (Å²) < 4.78 is 36.8. The Morgan fingerprint density at radius 3 is 1.94 bits per heavy atom. The number of aryl methyl sites for hydroxylation is 3. The third-order valence-electron chi connectivity index (χ3n) is 2.56. The molecular formula is C12H16F3N. The van der Waals surface area contributed by atoms with Crippen LogP contribution in [0.15, 0.2) is 12.1 Å². The summed E-state index contributed by atoms with van der Waals surface area (Å²) in [6.07, 6.45) is -5.19. The first kappa shape index (κ1) is 13.0. The molecule has 90 valence electrons. The predicted octanol–water partition coefficient (Wildman–Crippen LogP) is 3.56. The summed E-state index contributed by atoms with van der Waals surface area (Å²) in [4.78, 5) is 0. The molecule has 0 bridgehead atoms. The highest BCUT2D eigenvalue weighted by Crippen LogP contribution is 2.31. The lowest BCUT2D eigenvalue weighted by molar-refractivity contribution is -0.138. The van der Waals surface area contributed by atoms with Gasteiger partial charge in [0, 0.05) is 6.04 Å². The first-order valence-corrected chi connectivity index (χ1v) is 5.11. The average Bonchev–Trinajstić information content (AvgIpc) is 1.96. The van der Waals surface area contributed by atoms with Crippen molar-refractivity contribution >= 4 is 0 Å². The van der Waals surface area contributed by atoms with E-state index in [1.807, 2.05) is 19.1 Å². The summed E-state index contributed by atoms with van der Waals surface area (Å²) in [5.41, 5.74) is 8.92. The molecule has 0 aliphatic carbocycles. The molecule has 2 N–H and O–H groups in total. The molecule has 0 radical (unpaired) electrons. The van der Waals surface area contributed by atoms with Crippen LogP contribution in [0, 0.1) is 20.8 Å². The third-order valence-corrected chi connectivity index (χ3v) is 2.56.